The molecule has 0 spiro atoms. The maximum Gasteiger partial charge on any atom is 0.258 e. The Kier molecular flexibility index (Phi) is 5.30. The predicted molar refractivity (Wildman–Crippen MR) is 122 cm³/mol. The van der Waals surface area contributed by atoms with E-state index in [4.69, 9.17) is 28.2 Å². The lowest BCUT2D eigenvalue weighted by Crippen LogP contribution is -2.50. The summed E-state index contributed by atoms with van der Waals surface area (Å²) >= 11 is 11.6. The number of likely N-dealkylation sites (N-methyl/N-ethyl adjacent to an activating group) is 1. The Balaban J connectivity index is 1.28. The maximum atomic E-state index is 13.1. The molecule has 0 radical (unpaired) electrons. The van der Waals surface area contributed by atoms with E-state index in [9.17, 15) is 8.42 Å². The lowest BCUT2D eigenvalue weighted by atomic mass is 10.2. The zero-order valence-corrected chi connectivity index (χ0v) is 19.4. The van der Waals surface area contributed by atoms with E-state index >= 15 is 0 Å². The first-order valence-corrected chi connectivity index (χ1v) is 12.3. The van der Waals surface area contributed by atoms with Crippen LogP contribution >= 0.6 is 23.8 Å². The summed E-state index contributed by atoms with van der Waals surface area (Å²) in [4.78, 5) is 12.3. The molecule has 5 rings (SSSR count). The quantitative estimate of drug-likeness (QED) is 0.577. The van der Waals surface area contributed by atoms with Crippen LogP contribution in [0.4, 0.5) is 0 Å². The summed E-state index contributed by atoms with van der Waals surface area (Å²) in [7, 11) is -1.59. The molecule has 0 aliphatic carbocycles. The molecule has 0 amide bonds. The van der Waals surface area contributed by atoms with Crippen LogP contribution in [0.15, 0.2) is 33.7 Å². The second-order valence-corrected chi connectivity index (χ2v) is 10.7. The summed E-state index contributed by atoms with van der Waals surface area (Å²) in [5, 5.41) is 1.51. The van der Waals surface area contributed by atoms with Crippen molar-refractivity contribution < 1.29 is 12.8 Å². The van der Waals surface area contributed by atoms with Crippen molar-refractivity contribution in [1.29, 1.82) is 0 Å². The fraction of sp³-hybridized carbons (Fsp3) is 0.400. The van der Waals surface area contributed by atoms with Crippen LogP contribution < -0.4 is 0 Å². The second kappa shape index (κ2) is 7.86. The Hall–Kier alpha value is -1.98. The molecule has 0 bridgehead atoms. The molecule has 11 heteroatoms. The highest BCUT2D eigenvalue weighted by molar-refractivity contribution is 7.89. The van der Waals surface area contributed by atoms with Crippen LogP contribution in [0, 0.1) is 0 Å². The monoisotopic (exact) mass is 479 g/mol. The first-order valence-electron chi connectivity index (χ1n) is 10.1. The number of hydrogen-bond acceptors (Lipinski definition) is 6. The summed E-state index contributed by atoms with van der Waals surface area (Å²) in [5.41, 5.74) is 1.71. The van der Waals surface area contributed by atoms with E-state index < -0.39 is 10.0 Å². The highest BCUT2D eigenvalue weighted by Crippen LogP contribution is 2.26. The normalized spacial score (nSPS) is 18.5. The zero-order valence-electron chi connectivity index (χ0n) is 17.0. The number of thiocarbonyl (C=S) groups is 1. The van der Waals surface area contributed by atoms with Crippen molar-refractivity contribution in [2.45, 2.75) is 18.0 Å². The summed E-state index contributed by atoms with van der Waals surface area (Å²) < 4.78 is 33.6. The average molecular weight is 480 g/mol. The minimum Gasteiger partial charge on any atom is -0.438 e. The Morgan fingerprint density at radius 1 is 1.19 bits per heavy atom. The van der Waals surface area contributed by atoms with Gasteiger partial charge in [-0.1, -0.05) is 23.8 Å². The summed E-state index contributed by atoms with van der Waals surface area (Å²) in [6, 6.07) is 6.88. The second-order valence-electron chi connectivity index (χ2n) is 7.94. The number of nitrogens with one attached hydrogen (secondary N) is 1. The van der Waals surface area contributed by atoms with Gasteiger partial charge in [-0.3, -0.25) is 4.90 Å². The van der Waals surface area contributed by atoms with Crippen molar-refractivity contribution in [2.75, 3.05) is 39.8 Å². The van der Waals surface area contributed by atoms with Crippen LogP contribution in [0.5, 0.6) is 0 Å². The summed E-state index contributed by atoms with van der Waals surface area (Å²) in [6.45, 7) is 3.31. The molecule has 1 saturated heterocycles. The lowest BCUT2D eigenvalue weighted by Gasteiger charge is -2.34. The SMILES string of the molecule is CN1CCc2nc(C(=S)N3CCN(S(=O)(=O)c4cc5cc(Cl)ccc5[nH]4)CC3)oc2C1. The van der Waals surface area contributed by atoms with E-state index in [0.717, 1.165) is 41.9 Å². The third kappa shape index (κ3) is 3.87. The first kappa shape index (κ1) is 20.9. The maximum absolute atomic E-state index is 13.1. The van der Waals surface area contributed by atoms with E-state index in [-0.39, 0.29) is 5.03 Å². The number of hydrogen-bond donors (Lipinski definition) is 1. The molecule has 4 heterocycles. The minimum atomic E-state index is -3.64. The van der Waals surface area contributed by atoms with Gasteiger partial charge in [0, 0.05) is 55.1 Å². The number of sulfonamides is 1. The van der Waals surface area contributed by atoms with Crippen molar-refractivity contribution in [1.82, 2.24) is 24.1 Å². The lowest BCUT2D eigenvalue weighted by molar-refractivity contribution is 0.261. The minimum absolute atomic E-state index is 0.172. The molecule has 2 aromatic heterocycles. The van der Waals surface area contributed by atoms with Gasteiger partial charge in [0.05, 0.1) is 12.2 Å². The van der Waals surface area contributed by atoms with Crippen LogP contribution in [-0.2, 0) is 23.0 Å². The van der Waals surface area contributed by atoms with Crippen LogP contribution in [0.1, 0.15) is 17.3 Å². The predicted octanol–water partition coefficient (Wildman–Crippen LogP) is 2.48. The Morgan fingerprint density at radius 3 is 2.74 bits per heavy atom. The molecule has 0 unspecified atom stereocenters. The molecule has 0 saturated carbocycles. The van der Waals surface area contributed by atoms with Gasteiger partial charge in [-0.2, -0.15) is 4.31 Å². The number of fused-ring (bicyclic) bond motifs is 2. The van der Waals surface area contributed by atoms with Gasteiger partial charge in [-0.25, -0.2) is 13.4 Å². The Labute approximate surface area is 190 Å². The smallest absolute Gasteiger partial charge is 0.258 e. The molecular weight excluding hydrogens is 458 g/mol. The van der Waals surface area contributed by atoms with Crippen molar-refractivity contribution in [3.63, 3.8) is 0 Å². The molecule has 8 nitrogen and oxygen atoms in total. The van der Waals surface area contributed by atoms with Crippen molar-refractivity contribution >= 4 is 49.7 Å². The molecule has 1 fully saturated rings. The highest BCUT2D eigenvalue weighted by Gasteiger charge is 2.32. The van der Waals surface area contributed by atoms with Gasteiger partial charge >= 0.3 is 0 Å². The number of piperazine rings is 1. The Bertz CT molecular complexity index is 1260. The molecule has 164 valence electrons. The van der Waals surface area contributed by atoms with E-state index in [1.54, 1.807) is 24.3 Å². The third-order valence-electron chi connectivity index (χ3n) is 5.81. The summed E-state index contributed by atoms with van der Waals surface area (Å²) in [6.07, 6.45) is 0.847. The van der Waals surface area contributed by atoms with Gasteiger partial charge in [-0.15, -0.1) is 0 Å². The van der Waals surface area contributed by atoms with Gasteiger partial charge in [0.25, 0.3) is 15.9 Å². The van der Waals surface area contributed by atoms with E-state index in [1.165, 1.54) is 4.31 Å². The number of rotatable bonds is 3. The first-order chi connectivity index (χ1) is 14.8. The van der Waals surface area contributed by atoms with E-state index in [1.807, 2.05) is 11.9 Å². The molecule has 1 aromatic carbocycles. The van der Waals surface area contributed by atoms with Crippen LogP contribution in [0.2, 0.25) is 5.02 Å². The molecule has 2 aliphatic rings. The molecule has 31 heavy (non-hydrogen) atoms. The Morgan fingerprint density at radius 2 is 1.97 bits per heavy atom. The topological polar surface area (TPSA) is 85.7 Å². The van der Waals surface area contributed by atoms with Gasteiger partial charge in [0.15, 0.2) is 4.99 Å². The number of aromatic amines is 1. The molecular formula is C20H22ClN5O3S2. The van der Waals surface area contributed by atoms with Crippen molar-refractivity contribution in [3.05, 3.63) is 46.6 Å². The number of benzene rings is 1. The molecule has 0 atom stereocenters. The van der Waals surface area contributed by atoms with E-state index in [2.05, 4.69) is 14.9 Å². The van der Waals surface area contributed by atoms with Crippen LogP contribution in [-0.4, -0.2) is 77.3 Å². The largest absolute Gasteiger partial charge is 0.438 e. The highest BCUT2D eigenvalue weighted by atomic mass is 35.5. The number of H-pyrrole nitrogens is 1. The fourth-order valence-corrected chi connectivity index (χ4v) is 5.92. The van der Waals surface area contributed by atoms with Gasteiger partial charge in [0.1, 0.15) is 10.8 Å². The van der Waals surface area contributed by atoms with Crippen molar-refractivity contribution in [3.8, 4) is 0 Å². The average Bonchev–Trinajstić information content (AvgIpc) is 3.37. The molecule has 2 aliphatic heterocycles. The number of oxazole rings is 1. The third-order valence-corrected chi connectivity index (χ3v) is 8.30. The number of nitrogens with zero attached hydrogens (tertiary/aromatic N) is 4. The van der Waals surface area contributed by atoms with Crippen LogP contribution in [0.3, 0.4) is 0 Å². The fourth-order valence-electron chi connectivity index (χ4n) is 4.04. The summed E-state index contributed by atoms with van der Waals surface area (Å²) in [5.74, 6) is 1.32. The van der Waals surface area contributed by atoms with Gasteiger partial charge in [-0.05, 0) is 31.3 Å². The number of aromatic nitrogens is 2. The number of halogens is 1. The van der Waals surface area contributed by atoms with Crippen LogP contribution in [0.25, 0.3) is 10.9 Å². The van der Waals surface area contributed by atoms with Gasteiger partial charge < -0.3 is 14.3 Å². The molecule has 3 aromatic rings. The molecule has 1 N–H and O–H groups in total. The standard InChI is InChI=1S/C20H22ClN5O3S2/c1-24-5-4-16-17(12-24)29-19(23-16)20(30)25-6-8-26(9-7-25)31(27,28)18-11-13-10-14(21)2-3-15(13)22-18/h2-3,10-11,22H,4-9,12H2,1H3. The van der Waals surface area contributed by atoms with Crippen molar-refractivity contribution in [2.24, 2.45) is 0 Å². The zero-order chi connectivity index (χ0) is 21.8. The van der Waals surface area contributed by atoms with Gasteiger partial charge in [0.2, 0.25) is 0 Å². The van der Waals surface area contributed by atoms with E-state index in [0.29, 0.717) is 42.1 Å².